The van der Waals surface area contributed by atoms with Crippen molar-refractivity contribution in [3.05, 3.63) is 24.3 Å². The maximum Gasteiger partial charge on any atom is 0.472 e. The molecule has 0 spiro atoms. The molecule has 0 saturated carbocycles. The van der Waals surface area contributed by atoms with Gasteiger partial charge in [0.1, 0.15) is 19.3 Å². The number of nitrogens with zero attached hydrogens (tertiary/aromatic N) is 1. The van der Waals surface area contributed by atoms with Crippen LogP contribution < -0.4 is 5.32 Å². The zero-order valence-electron chi connectivity index (χ0n) is 46.6. The molecule has 0 rings (SSSR count). The molecule has 1 amide bonds. The molecule has 69 heavy (non-hydrogen) atoms. The van der Waals surface area contributed by atoms with E-state index in [-0.39, 0.29) is 31.5 Å². The number of esters is 1. The predicted octanol–water partition coefficient (Wildman–Crippen LogP) is 17.8. The molecule has 408 valence electrons. The lowest BCUT2D eigenvalue weighted by molar-refractivity contribution is -0.870. The first-order valence-electron chi connectivity index (χ1n) is 29.7. The van der Waals surface area contributed by atoms with Gasteiger partial charge in [-0.1, -0.05) is 251 Å². The molecule has 3 unspecified atom stereocenters. The van der Waals surface area contributed by atoms with E-state index in [1.165, 1.54) is 173 Å². The molecule has 0 heterocycles. The summed E-state index contributed by atoms with van der Waals surface area (Å²) in [5, 5.41) is 3.05. The zero-order valence-corrected chi connectivity index (χ0v) is 47.5. The Balaban J connectivity index is 5.13. The summed E-state index contributed by atoms with van der Waals surface area (Å²) < 4.78 is 30.6. The van der Waals surface area contributed by atoms with Crippen LogP contribution in [-0.4, -0.2) is 74.3 Å². The van der Waals surface area contributed by atoms with Crippen LogP contribution in [-0.2, 0) is 27.9 Å². The minimum absolute atomic E-state index is 0.0422. The van der Waals surface area contributed by atoms with E-state index >= 15 is 0 Å². The molecule has 0 saturated heterocycles. The van der Waals surface area contributed by atoms with Crippen LogP contribution in [0.5, 0.6) is 0 Å². The first-order valence-corrected chi connectivity index (χ1v) is 31.2. The summed E-state index contributed by atoms with van der Waals surface area (Å²) in [6.45, 7) is 6.99. The summed E-state index contributed by atoms with van der Waals surface area (Å²) in [7, 11) is 1.50. The highest BCUT2D eigenvalue weighted by atomic mass is 31.2. The summed E-state index contributed by atoms with van der Waals surface area (Å²) in [5.74, 6) is -0.504. The molecule has 0 radical (unpaired) electrons. The number of nitrogens with one attached hydrogen (secondary N) is 1. The van der Waals surface area contributed by atoms with Gasteiger partial charge < -0.3 is 19.4 Å². The first kappa shape index (κ1) is 67.5. The smallest absolute Gasteiger partial charge is 0.456 e. The van der Waals surface area contributed by atoms with Crippen molar-refractivity contribution in [1.82, 2.24) is 5.32 Å². The van der Waals surface area contributed by atoms with Crippen molar-refractivity contribution in [2.75, 3.05) is 40.9 Å². The van der Waals surface area contributed by atoms with Gasteiger partial charge in [-0.05, 0) is 51.0 Å². The molecule has 0 aromatic carbocycles. The van der Waals surface area contributed by atoms with Crippen molar-refractivity contribution in [1.29, 1.82) is 0 Å². The van der Waals surface area contributed by atoms with Crippen molar-refractivity contribution in [3.63, 3.8) is 0 Å². The number of phosphoric ester groups is 1. The third kappa shape index (κ3) is 51.2. The number of hydrogen-bond acceptors (Lipinski definition) is 6. The first-order chi connectivity index (χ1) is 33.4. The fourth-order valence-electron chi connectivity index (χ4n) is 8.75. The number of ether oxygens (including phenoxy) is 1. The maximum atomic E-state index is 13.5. The van der Waals surface area contributed by atoms with Crippen molar-refractivity contribution in [2.45, 2.75) is 303 Å². The van der Waals surface area contributed by atoms with E-state index < -0.39 is 20.0 Å². The summed E-state index contributed by atoms with van der Waals surface area (Å²) in [6.07, 6.45) is 57.5. The Hall–Kier alpha value is -1.51. The van der Waals surface area contributed by atoms with Gasteiger partial charge in [-0.15, -0.1) is 0 Å². The van der Waals surface area contributed by atoms with Crippen LogP contribution in [0.4, 0.5) is 0 Å². The minimum Gasteiger partial charge on any atom is -0.456 e. The number of phosphoric acid groups is 1. The van der Waals surface area contributed by atoms with Crippen LogP contribution in [0.25, 0.3) is 0 Å². The van der Waals surface area contributed by atoms with Gasteiger partial charge in [-0.25, -0.2) is 4.57 Å². The summed E-state index contributed by atoms with van der Waals surface area (Å²) in [5.41, 5.74) is 0. The SMILES string of the molecule is CCCC/C=C\CCCCCCCC(=O)OC(/C=C\CCCCCCCCCCC)C(COP(=O)(O)OCC[N+](C)(C)C)NC(=O)CCCCCCCCCCCCCCCCCCCCCCC. The largest absolute Gasteiger partial charge is 0.472 e. The number of quaternary nitrogens is 1. The van der Waals surface area contributed by atoms with Gasteiger partial charge in [-0.3, -0.25) is 18.6 Å². The second-order valence-corrected chi connectivity index (χ2v) is 23.0. The van der Waals surface area contributed by atoms with Crippen LogP contribution in [0, 0.1) is 0 Å². The highest BCUT2D eigenvalue weighted by molar-refractivity contribution is 7.47. The molecule has 0 aromatic rings. The molecule has 2 N–H and O–H groups in total. The predicted molar refractivity (Wildman–Crippen MR) is 296 cm³/mol. The van der Waals surface area contributed by atoms with Crippen molar-refractivity contribution < 1.29 is 37.3 Å². The highest BCUT2D eigenvalue weighted by Gasteiger charge is 2.30. The molecule has 0 aromatic heterocycles. The molecule has 0 aliphatic heterocycles. The lowest BCUT2D eigenvalue weighted by Crippen LogP contribution is -2.47. The number of rotatable bonds is 54. The Morgan fingerprint density at radius 3 is 1.28 bits per heavy atom. The normalized spacial score (nSPS) is 13.9. The zero-order chi connectivity index (χ0) is 50.8. The van der Waals surface area contributed by atoms with Crippen molar-refractivity contribution >= 4 is 19.7 Å². The number of allylic oxidation sites excluding steroid dienone is 3. The van der Waals surface area contributed by atoms with E-state index in [4.69, 9.17) is 13.8 Å². The van der Waals surface area contributed by atoms with Crippen LogP contribution in [0.1, 0.15) is 290 Å². The van der Waals surface area contributed by atoms with Gasteiger partial charge in [0.2, 0.25) is 5.91 Å². The Labute approximate surface area is 428 Å². The topological polar surface area (TPSA) is 111 Å². The number of carbonyl (C=O) groups excluding carboxylic acids is 2. The van der Waals surface area contributed by atoms with E-state index in [0.29, 0.717) is 17.4 Å². The standard InChI is InChI=1S/C59H115N2O7P/c1-7-10-13-16-19-22-25-26-27-28-29-30-31-32-33-34-37-39-42-45-48-51-58(62)60-56(55-67-69(64,65)66-54-53-61(4,5)6)57(50-47-44-41-38-35-23-20-17-14-11-8-2)68-59(63)52-49-46-43-40-36-24-21-18-15-12-9-3/h18,21,47,50,56-57H,7-17,19-20,22-46,48-49,51-55H2,1-6H3,(H-,60,62,64,65)/p+1/b21-18-,50-47-. The Bertz CT molecular complexity index is 1240. The maximum absolute atomic E-state index is 13.5. The average molecular weight is 997 g/mol. The second-order valence-electron chi connectivity index (χ2n) is 21.5. The molecule has 0 bridgehead atoms. The number of unbranched alkanes of at least 4 members (excludes halogenated alkanes) is 36. The monoisotopic (exact) mass is 996 g/mol. The van der Waals surface area contributed by atoms with E-state index in [9.17, 15) is 19.0 Å². The molecular weight excluding hydrogens is 880 g/mol. The van der Waals surface area contributed by atoms with Gasteiger partial charge in [-0.2, -0.15) is 0 Å². The molecule has 10 heteroatoms. The Morgan fingerprint density at radius 1 is 0.493 bits per heavy atom. The van der Waals surface area contributed by atoms with Crippen LogP contribution >= 0.6 is 7.82 Å². The van der Waals surface area contributed by atoms with Gasteiger partial charge >= 0.3 is 13.8 Å². The number of amides is 1. The lowest BCUT2D eigenvalue weighted by atomic mass is 10.0. The molecule has 0 aliphatic carbocycles. The quantitative estimate of drug-likeness (QED) is 0.0205. The summed E-state index contributed by atoms with van der Waals surface area (Å²) >= 11 is 0. The highest BCUT2D eigenvalue weighted by Crippen LogP contribution is 2.43. The van der Waals surface area contributed by atoms with E-state index in [0.717, 1.165) is 83.5 Å². The van der Waals surface area contributed by atoms with Crippen molar-refractivity contribution in [3.8, 4) is 0 Å². The fraction of sp³-hybridized carbons (Fsp3) is 0.898. The van der Waals surface area contributed by atoms with Gasteiger partial charge in [0.05, 0.1) is 33.8 Å². The Morgan fingerprint density at radius 2 is 0.855 bits per heavy atom. The van der Waals surface area contributed by atoms with Crippen LogP contribution in [0.3, 0.4) is 0 Å². The van der Waals surface area contributed by atoms with Gasteiger partial charge in [0.15, 0.2) is 0 Å². The van der Waals surface area contributed by atoms with E-state index in [1.807, 2.05) is 33.3 Å². The van der Waals surface area contributed by atoms with Gasteiger partial charge in [0, 0.05) is 12.8 Å². The molecule has 9 nitrogen and oxygen atoms in total. The van der Waals surface area contributed by atoms with E-state index in [1.54, 1.807) is 0 Å². The van der Waals surface area contributed by atoms with Crippen molar-refractivity contribution in [2.24, 2.45) is 0 Å². The molecule has 0 fully saturated rings. The average Bonchev–Trinajstić information content (AvgIpc) is 3.31. The van der Waals surface area contributed by atoms with E-state index in [2.05, 4.69) is 38.2 Å². The van der Waals surface area contributed by atoms with Crippen LogP contribution in [0.2, 0.25) is 0 Å². The number of likely N-dealkylation sites (N-methyl/N-ethyl adjacent to an activating group) is 1. The molecule has 0 aliphatic rings. The molecule has 3 atom stereocenters. The van der Waals surface area contributed by atoms with Gasteiger partial charge in [0.25, 0.3) is 0 Å². The Kier molecular flexibility index (Phi) is 48.9. The van der Waals surface area contributed by atoms with Crippen LogP contribution in [0.15, 0.2) is 24.3 Å². The molecular formula is C59H116N2O7P+. The fourth-order valence-corrected chi connectivity index (χ4v) is 9.48. The number of carbonyl (C=O) groups is 2. The second kappa shape index (κ2) is 50.0. The third-order valence-corrected chi connectivity index (χ3v) is 14.4. The minimum atomic E-state index is -4.44. The third-order valence-electron chi connectivity index (χ3n) is 13.4. The summed E-state index contributed by atoms with van der Waals surface area (Å²) in [6, 6.07) is -0.844. The summed E-state index contributed by atoms with van der Waals surface area (Å²) in [4.78, 5) is 37.5. The lowest BCUT2D eigenvalue weighted by Gasteiger charge is -2.27. The number of hydrogen-bond donors (Lipinski definition) is 2.